The van der Waals surface area contributed by atoms with Gasteiger partial charge in [0.25, 0.3) is 0 Å². The van der Waals surface area contributed by atoms with Crippen molar-refractivity contribution < 1.29 is 4.80 Å². The summed E-state index contributed by atoms with van der Waals surface area (Å²) in [6.07, 6.45) is 21.3. The number of hydrogen-bond acceptors (Lipinski definition) is 1. The van der Waals surface area contributed by atoms with Crippen molar-refractivity contribution in [2.75, 3.05) is 0 Å². The number of rotatable bonds is 16. The fourth-order valence-electron chi connectivity index (χ4n) is 2.81. The Hall–Kier alpha value is 0.177. The van der Waals surface area contributed by atoms with Crippen molar-refractivity contribution in [2.45, 2.75) is 116 Å². The molecule has 1 nitrogen and oxygen atoms in total. The van der Waals surface area contributed by atoms with Crippen molar-refractivity contribution in [3.8, 4) is 0 Å². The molecule has 0 aromatic heterocycles. The molecule has 0 heterocycles. The first kappa shape index (κ1) is 20.2. The zero-order valence-electron chi connectivity index (χ0n) is 14.3. The highest BCUT2D eigenvalue weighted by atomic mass is 28.3. The van der Waals surface area contributed by atoms with Crippen molar-refractivity contribution in [3.63, 3.8) is 0 Å². The van der Waals surface area contributed by atoms with Gasteiger partial charge in [0.1, 0.15) is 0 Å². The molecule has 0 bridgehead atoms. The third-order valence-corrected chi connectivity index (χ3v) is 5.47. The summed E-state index contributed by atoms with van der Waals surface area (Å²) in [7, 11) is -1.26. The number of hydrogen-bond donors (Lipinski definition) is 1. The molecule has 0 spiro atoms. The largest absolute Gasteiger partial charge is 0.435 e. The molecule has 0 saturated carbocycles. The molecule has 122 valence electrons. The lowest BCUT2D eigenvalue weighted by molar-refractivity contribution is 0.531. The molecule has 0 radical (unpaired) electrons. The fraction of sp³-hybridized carbons (Fsp3) is 1.00. The van der Waals surface area contributed by atoms with Crippen molar-refractivity contribution in [3.05, 3.63) is 0 Å². The molecular formula is C18H40OSi. The van der Waals surface area contributed by atoms with E-state index in [2.05, 4.69) is 6.92 Å². The van der Waals surface area contributed by atoms with E-state index in [-0.39, 0.29) is 0 Å². The lowest BCUT2D eigenvalue weighted by Crippen LogP contribution is -2.03. The molecule has 0 amide bonds. The Balaban J connectivity index is 2.92. The minimum atomic E-state index is -1.26. The zero-order chi connectivity index (χ0) is 14.9. The molecule has 0 rings (SSSR count). The maximum atomic E-state index is 9.30. The van der Waals surface area contributed by atoms with Crippen LogP contribution < -0.4 is 0 Å². The van der Waals surface area contributed by atoms with Crippen molar-refractivity contribution >= 4 is 9.04 Å². The molecule has 0 saturated heterocycles. The molecule has 2 heteroatoms. The molecule has 0 aliphatic heterocycles. The summed E-state index contributed by atoms with van der Waals surface area (Å²) in [6, 6.07) is 1.12. The van der Waals surface area contributed by atoms with E-state index in [4.69, 9.17) is 0 Å². The Bertz CT molecular complexity index is 171. The SMILES string of the molecule is CCCCCCCCCCCCCCCCC[SiH](C)O. The summed E-state index contributed by atoms with van der Waals surface area (Å²) in [5.74, 6) is 0. The second-order valence-corrected chi connectivity index (χ2v) is 8.86. The summed E-state index contributed by atoms with van der Waals surface area (Å²) in [4.78, 5) is 9.30. The Morgan fingerprint density at radius 1 is 0.550 bits per heavy atom. The van der Waals surface area contributed by atoms with Crippen molar-refractivity contribution in [1.29, 1.82) is 0 Å². The quantitative estimate of drug-likeness (QED) is 0.265. The van der Waals surface area contributed by atoms with Crippen LogP contribution in [0.3, 0.4) is 0 Å². The maximum absolute atomic E-state index is 9.30. The highest BCUT2D eigenvalue weighted by Gasteiger charge is 1.98. The normalized spacial score (nSPS) is 12.8. The van der Waals surface area contributed by atoms with Gasteiger partial charge in [0.2, 0.25) is 0 Å². The lowest BCUT2D eigenvalue weighted by Gasteiger charge is -2.04. The topological polar surface area (TPSA) is 20.2 Å². The standard InChI is InChI=1S/C18H40OSi/c1-3-4-5-6-7-8-9-10-11-12-13-14-15-16-17-18-20(2)19/h19-20H,3-18H2,1-2H3. The average molecular weight is 301 g/mol. The molecule has 0 aliphatic carbocycles. The smallest absolute Gasteiger partial charge is 0.169 e. The van der Waals surface area contributed by atoms with Gasteiger partial charge in [0, 0.05) is 0 Å². The predicted octanol–water partition coefficient (Wildman–Crippen LogP) is 6.20. The first-order chi connectivity index (χ1) is 9.77. The second-order valence-electron chi connectivity index (χ2n) is 6.59. The third kappa shape index (κ3) is 18.2. The zero-order valence-corrected chi connectivity index (χ0v) is 15.5. The van der Waals surface area contributed by atoms with E-state index in [9.17, 15) is 4.80 Å². The Morgan fingerprint density at radius 3 is 1.15 bits per heavy atom. The molecule has 20 heavy (non-hydrogen) atoms. The third-order valence-electron chi connectivity index (χ3n) is 4.23. The van der Waals surface area contributed by atoms with Crippen LogP contribution in [0.15, 0.2) is 0 Å². The summed E-state index contributed by atoms with van der Waals surface area (Å²) in [5, 5.41) is 0. The van der Waals surface area contributed by atoms with Crippen molar-refractivity contribution in [2.24, 2.45) is 0 Å². The molecule has 0 aromatic rings. The predicted molar refractivity (Wildman–Crippen MR) is 95.0 cm³/mol. The van der Waals surface area contributed by atoms with Crippen molar-refractivity contribution in [1.82, 2.24) is 0 Å². The summed E-state index contributed by atoms with van der Waals surface area (Å²) >= 11 is 0. The van der Waals surface area contributed by atoms with Crippen LogP contribution >= 0.6 is 0 Å². The molecular weight excluding hydrogens is 260 g/mol. The molecule has 1 N–H and O–H groups in total. The van der Waals surface area contributed by atoms with Crippen LogP contribution in [0.4, 0.5) is 0 Å². The van der Waals surface area contributed by atoms with Crippen LogP contribution in [0, 0.1) is 0 Å². The van der Waals surface area contributed by atoms with Gasteiger partial charge in [-0.2, -0.15) is 0 Å². The molecule has 1 atom stereocenters. The average Bonchev–Trinajstić information content (AvgIpc) is 2.43. The van der Waals surface area contributed by atoms with Crippen LogP contribution in [-0.4, -0.2) is 13.8 Å². The van der Waals surface area contributed by atoms with E-state index < -0.39 is 9.04 Å². The monoisotopic (exact) mass is 300 g/mol. The Labute approximate surface area is 130 Å². The molecule has 0 fully saturated rings. The van der Waals surface area contributed by atoms with Gasteiger partial charge in [0.05, 0.1) is 0 Å². The van der Waals surface area contributed by atoms with E-state index >= 15 is 0 Å². The minimum absolute atomic E-state index is 1.12. The van der Waals surface area contributed by atoms with E-state index in [1.54, 1.807) is 0 Å². The Kier molecular flexibility index (Phi) is 17.4. The van der Waals surface area contributed by atoms with Gasteiger partial charge in [0.15, 0.2) is 9.04 Å². The van der Waals surface area contributed by atoms with Crippen LogP contribution in [0.2, 0.25) is 12.6 Å². The lowest BCUT2D eigenvalue weighted by atomic mass is 10.0. The summed E-state index contributed by atoms with van der Waals surface area (Å²) in [6.45, 7) is 4.32. The first-order valence-corrected chi connectivity index (χ1v) is 11.9. The molecule has 0 aromatic carbocycles. The summed E-state index contributed by atoms with van der Waals surface area (Å²) < 4.78 is 0. The summed E-state index contributed by atoms with van der Waals surface area (Å²) in [5.41, 5.74) is 0. The van der Waals surface area contributed by atoms with Gasteiger partial charge in [-0.3, -0.25) is 0 Å². The van der Waals surface area contributed by atoms with Gasteiger partial charge in [-0.15, -0.1) is 0 Å². The van der Waals surface area contributed by atoms with E-state index in [1.165, 1.54) is 96.3 Å². The number of unbranched alkanes of at least 4 members (excludes halogenated alkanes) is 14. The first-order valence-electron chi connectivity index (χ1n) is 9.45. The van der Waals surface area contributed by atoms with Crippen LogP contribution in [0.1, 0.15) is 103 Å². The molecule has 1 unspecified atom stereocenters. The van der Waals surface area contributed by atoms with E-state index in [1.807, 2.05) is 6.55 Å². The van der Waals surface area contributed by atoms with Crippen LogP contribution in [0.25, 0.3) is 0 Å². The van der Waals surface area contributed by atoms with Gasteiger partial charge in [-0.25, -0.2) is 0 Å². The van der Waals surface area contributed by atoms with Crippen LogP contribution in [0.5, 0.6) is 0 Å². The van der Waals surface area contributed by atoms with Gasteiger partial charge in [-0.05, 0) is 12.6 Å². The van der Waals surface area contributed by atoms with E-state index in [0.29, 0.717) is 0 Å². The fourth-order valence-corrected chi connectivity index (χ4v) is 3.69. The minimum Gasteiger partial charge on any atom is -0.435 e. The van der Waals surface area contributed by atoms with Gasteiger partial charge in [-0.1, -0.05) is 103 Å². The van der Waals surface area contributed by atoms with Gasteiger partial charge < -0.3 is 4.80 Å². The van der Waals surface area contributed by atoms with Crippen LogP contribution in [-0.2, 0) is 0 Å². The Morgan fingerprint density at radius 2 is 0.850 bits per heavy atom. The highest BCUT2D eigenvalue weighted by Crippen LogP contribution is 2.13. The molecule has 0 aliphatic rings. The van der Waals surface area contributed by atoms with E-state index in [0.717, 1.165) is 6.04 Å². The second kappa shape index (κ2) is 17.2. The highest BCUT2D eigenvalue weighted by molar-refractivity contribution is 6.48. The maximum Gasteiger partial charge on any atom is 0.169 e. The van der Waals surface area contributed by atoms with Gasteiger partial charge >= 0.3 is 0 Å².